The minimum atomic E-state index is -2.28. The first-order valence-corrected chi connectivity index (χ1v) is 11.7. The van der Waals surface area contributed by atoms with E-state index >= 15 is 0 Å². The molecule has 0 saturated carbocycles. The van der Waals surface area contributed by atoms with Crippen LogP contribution in [-0.4, -0.2) is 0 Å². The Morgan fingerprint density at radius 3 is 2.45 bits per heavy atom. The third-order valence-electron chi connectivity index (χ3n) is 6.39. The lowest BCUT2D eigenvalue weighted by molar-refractivity contribution is -0.659. The Balaban J connectivity index is 1.69. The molecule has 0 aliphatic carbocycles. The standard InChI is InChI=1S/C31H26NS/c1-19-10-13-26(20(2)14-19)30-29-27-16-25-15-23(22-8-6-5-7-9-22)11-12-24(25)17-28(27)33-31(29)21(3)18-32(30)4/h5-18H,1-4H3/q+1/i1D3,3D3. The molecule has 0 radical (unpaired) electrons. The molecule has 0 aliphatic rings. The summed E-state index contributed by atoms with van der Waals surface area (Å²) in [5.74, 6) is 0. The van der Waals surface area contributed by atoms with Gasteiger partial charge in [-0.1, -0.05) is 60.2 Å². The quantitative estimate of drug-likeness (QED) is 0.234. The van der Waals surface area contributed by atoms with Crippen LogP contribution in [0.2, 0.25) is 0 Å². The predicted molar refractivity (Wildman–Crippen MR) is 143 cm³/mol. The fourth-order valence-electron chi connectivity index (χ4n) is 4.82. The second kappa shape index (κ2) is 7.54. The molecule has 0 atom stereocenters. The molecule has 2 heterocycles. The third-order valence-corrected chi connectivity index (χ3v) is 7.58. The van der Waals surface area contributed by atoms with Gasteiger partial charge in [-0.25, -0.2) is 4.57 Å². The van der Waals surface area contributed by atoms with Gasteiger partial charge in [-0.05, 0) is 72.4 Å². The van der Waals surface area contributed by atoms with Crippen molar-refractivity contribution in [1.82, 2.24) is 0 Å². The van der Waals surface area contributed by atoms with Gasteiger partial charge in [0.2, 0.25) is 5.69 Å². The van der Waals surface area contributed by atoms with E-state index in [1.54, 1.807) is 18.3 Å². The maximum absolute atomic E-state index is 8.27. The topological polar surface area (TPSA) is 3.88 Å². The van der Waals surface area contributed by atoms with Crippen molar-refractivity contribution >= 4 is 42.3 Å². The number of benzene rings is 4. The molecule has 33 heavy (non-hydrogen) atoms. The van der Waals surface area contributed by atoms with E-state index in [4.69, 9.17) is 8.22 Å². The largest absolute Gasteiger partial charge is 0.221 e. The zero-order chi connectivity index (χ0) is 27.7. The van der Waals surface area contributed by atoms with E-state index in [0.717, 1.165) is 58.9 Å². The lowest BCUT2D eigenvalue weighted by Gasteiger charge is -2.09. The molecule has 6 rings (SSSR count). The molecule has 6 aromatic rings. The molecule has 0 bridgehead atoms. The van der Waals surface area contributed by atoms with Gasteiger partial charge in [0.05, 0.1) is 10.1 Å². The van der Waals surface area contributed by atoms with Crippen molar-refractivity contribution in [2.45, 2.75) is 20.6 Å². The number of aromatic nitrogens is 1. The summed E-state index contributed by atoms with van der Waals surface area (Å²) in [6, 6.07) is 26.1. The molecule has 0 aliphatic heterocycles. The molecule has 0 unspecified atom stereocenters. The molecule has 4 aromatic carbocycles. The van der Waals surface area contributed by atoms with Crippen molar-refractivity contribution in [2.75, 3.05) is 0 Å². The Morgan fingerprint density at radius 2 is 1.67 bits per heavy atom. The van der Waals surface area contributed by atoms with E-state index in [1.807, 2.05) is 42.8 Å². The van der Waals surface area contributed by atoms with Gasteiger partial charge in [0.25, 0.3) is 0 Å². The Morgan fingerprint density at radius 1 is 0.788 bits per heavy atom. The average molecular weight is 451 g/mol. The molecule has 0 N–H and O–H groups in total. The van der Waals surface area contributed by atoms with E-state index in [1.165, 1.54) is 11.3 Å². The summed E-state index contributed by atoms with van der Waals surface area (Å²) >= 11 is 1.50. The summed E-state index contributed by atoms with van der Waals surface area (Å²) in [6.07, 6.45) is 1.70. The number of hydrogen-bond acceptors (Lipinski definition) is 1. The lowest BCUT2D eigenvalue weighted by atomic mass is 9.96. The molecule has 0 fully saturated rings. The van der Waals surface area contributed by atoms with Crippen LogP contribution in [0.5, 0.6) is 0 Å². The molecule has 2 heteroatoms. The van der Waals surface area contributed by atoms with Gasteiger partial charge in [0, 0.05) is 29.4 Å². The van der Waals surface area contributed by atoms with Crippen LogP contribution < -0.4 is 4.57 Å². The Kier molecular flexibility index (Phi) is 3.34. The van der Waals surface area contributed by atoms with Gasteiger partial charge in [-0.3, -0.25) is 0 Å². The first-order chi connectivity index (χ1) is 18.4. The fourth-order valence-corrected chi connectivity index (χ4v) is 5.97. The van der Waals surface area contributed by atoms with Gasteiger partial charge in [0.1, 0.15) is 7.05 Å². The van der Waals surface area contributed by atoms with E-state index < -0.39 is 13.7 Å². The predicted octanol–water partition coefficient (Wildman–Crippen LogP) is 8.29. The average Bonchev–Trinajstić information content (AvgIpc) is 3.24. The lowest BCUT2D eigenvalue weighted by Crippen LogP contribution is -2.31. The van der Waals surface area contributed by atoms with Crippen molar-refractivity contribution in [3.8, 4) is 22.4 Å². The summed E-state index contributed by atoms with van der Waals surface area (Å²) in [7, 11) is 1.86. The van der Waals surface area contributed by atoms with Crippen LogP contribution in [0.1, 0.15) is 24.9 Å². The van der Waals surface area contributed by atoms with Crippen LogP contribution in [0.25, 0.3) is 53.3 Å². The molecule has 0 amide bonds. The zero-order valence-corrected chi connectivity index (χ0v) is 19.3. The van der Waals surface area contributed by atoms with Crippen LogP contribution in [-0.2, 0) is 7.05 Å². The maximum atomic E-state index is 8.27. The summed E-state index contributed by atoms with van der Waals surface area (Å²) in [5.41, 5.74) is 5.44. The highest BCUT2D eigenvalue weighted by atomic mass is 32.1. The van der Waals surface area contributed by atoms with Crippen molar-refractivity contribution in [2.24, 2.45) is 7.05 Å². The second-order valence-electron chi connectivity index (χ2n) is 8.61. The number of fused-ring (bicyclic) bond motifs is 4. The highest BCUT2D eigenvalue weighted by Crippen LogP contribution is 2.42. The Bertz CT molecular complexity index is 1900. The van der Waals surface area contributed by atoms with Crippen molar-refractivity contribution in [1.29, 1.82) is 0 Å². The van der Waals surface area contributed by atoms with E-state index in [9.17, 15) is 0 Å². The smallest absolute Gasteiger partial charge is 0.200 e. The third kappa shape index (κ3) is 3.25. The normalized spacial score (nSPS) is 15.1. The number of nitrogens with zero attached hydrogens (tertiary/aromatic N) is 1. The minimum Gasteiger partial charge on any atom is -0.200 e. The van der Waals surface area contributed by atoms with Gasteiger partial charge in [0.15, 0.2) is 6.20 Å². The molecule has 160 valence electrons. The molecule has 0 spiro atoms. The van der Waals surface area contributed by atoms with Gasteiger partial charge in [-0.15, -0.1) is 11.3 Å². The monoisotopic (exact) mass is 450 g/mol. The maximum Gasteiger partial charge on any atom is 0.221 e. The highest BCUT2D eigenvalue weighted by Gasteiger charge is 2.23. The SMILES string of the molecule is [2H]C([2H])([2H])c1ccc(-c2c3c(sc4cc5ccc(-c6ccccc6)cc5cc43)c(C([2H])([2H])[2H])c[n+]2C)c(C)c1. The van der Waals surface area contributed by atoms with Gasteiger partial charge in [-0.2, -0.15) is 0 Å². The van der Waals surface area contributed by atoms with E-state index in [-0.39, 0.29) is 5.56 Å². The van der Waals surface area contributed by atoms with Crippen LogP contribution >= 0.6 is 11.3 Å². The summed E-state index contributed by atoms with van der Waals surface area (Å²) < 4.78 is 51.9. The fraction of sp³-hybridized carbons (Fsp3) is 0.129. The number of aryl methyl sites for hydroxylation is 4. The first-order valence-electron chi connectivity index (χ1n) is 13.9. The van der Waals surface area contributed by atoms with Crippen LogP contribution in [0, 0.1) is 20.6 Å². The van der Waals surface area contributed by atoms with Crippen molar-refractivity contribution < 1.29 is 12.8 Å². The molecular weight excluding hydrogens is 418 g/mol. The number of rotatable bonds is 2. The summed E-state index contributed by atoms with van der Waals surface area (Å²) in [4.78, 5) is 0. The van der Waals surface area contributed by atoms with Crippen molar-refractivity contribution in [3.63, 3.8) is 0 Å². The van der Waals surface area contributed by atoms with Crippen LogP contribution in [0.15, 0.2) is 85.1 Å². The van der Waals surface area contributed by atoms with E-state index in [2.05, 4.69) is 42.5 Å². The minimum absolute atomic E-state index is 0.288. The van der Waals surface area contributed by atoms with Gasteiger partial charge >= 0.3 is 0 Å². The van der Waals surface area contributed by atoms with E-state index in [0.29, 0.717) is 5.56 Å². The molecular formula is C31H26NS+. The number of hydrogen-bond donors (Lipinski definition) is 0. The highest BCUT2D eigenvalue weighted by molar-refractivity contribution is 7.26. The first kappa shape index (κ1) is 14.6. The number of thiophene rings is 1. The number of pyridine rings is 1. The van der Waals surface area contributed by atoms with Gasteiger partial charge < -0.3 is 0 Å². The second-order valence-corrected chi connectivity index (χ2v) is 9.67. The Hall–Kier alpha value is -3.49. The molecule has 0 saturated heterocycles. The summed E-state index contributed by atoms with van der Waals surface area (Å²) in [6.45, 7) is -2.57. The Labute approximate surface area is 207 Å². The van der Waals surface area contributed by atoms with Crippen molar-refractivity contribution in [3.05, 3.63) is 102 Å². The van der Waals surface area contributed by atoms with Crippen LogP contribution in [0.3, 0.4) is 0 Å². The molecule has 1 nitrogen and oxygen atoms in total. The zero-order valence-electron chi connectivity index (χ0n) is 24.4. The van der Waals surface area contributed by atoms with Crippen LogP contribution in [0.4, 0.5) is 0 Å². The molecule has 2 aromatic heterocycles. The summed E-state index contributed by atoms with van der Waals surface area (Å²) in [5, 5.41) is 4.03.